The first-order valence-corrected chi connectivity index (χ1v) is 9.44. The minimum atomic E-state index is -0.981. The first-order valence-electron chi connectivity index (χ1n) is 8.56. The fourth-order valence-corrected chi connectivity index (χ4v) is 4.01. The number of carbonyl (C=O) groups excluding carboxylic acids is 2. The van der Waals surface area contributed by atoms with Gasteiger partial charge < -0.3 is 15.3 Å². The van der Waals surface area contributed by atoms with Crippen LogP contribution in [0.1, 0.15) is 47.9 Å². The van der Waals surface area contributed by atoms with E-state index in [0.717, 1.165) is 16.0 Å². The molecule has 7 heteroatoms. The van der Waals surface area contributed by atoms with E-state index in [2.05, 4.69) is 5.32 Å². The number of hydrogen-bond acceptors (Lipinski definition) is 4. The standard InChI is InChI=1S/C20H20N2O4S/c1-13(23)22-9-8-14-5-2-3-6-15(14)17(22)12-19(24)21-16(11-20(25)26)18-7-4-10-27-18/h2-10,16-17H,11-12H2,1H3,(H,21,24)(H,25,26)/t16-,17-/m1/s1. The molecule has 0 unspecified atom stereocenters. The lowest BCUT2D eigenvalue weighted by molar-refractivity contribution is -0.137. The van der Waals surface area contributed by atoms with Gasteiger partial charge in [0.25, 0.3) is 0 Å². The molecule has 1 aromatic carbocycles. The molecule has 2 heterocycles. The largest absolute Gasteiger partial charge is 0.481 e. The number of aliphatic carboxylic acids is 1. The van der Waals surface area contributed by atoms with E-state index < -0.39 is 18.1 Å². The Hall–Kier alpha value is -2.93. The van der Waals surface area contributed by atoms with Gasteiger partial charge in [-0.05, 0) is 28.6 Å². The molecule has 27 heavy (non-hydrogen) atoms. The predicted octanol–water partition coefficient (Wildman–Crippen LogP) is 3.34. The highest BCUT2D eigenvalue weighted by molar-refractivity contribution is 7.10. The summed E-state index contributed by atoms with van der Waals surface area (Å²) in [5, 5.41) is 13.8. The van der Waals surface area contributed by atoms with Crippen LogP contribution in [-0.4, -0.2) is 27.8 Å². The fourth-order valence-electron chi connectivity index (χ4n) is 3.23. The number of carboxylic acids is 1. The molecule has 3 rings (SSSR count). The third kappa shape index (κ3) is 4.43. The number of fused-ring (bicyclic) bond motifs is 1. The van der Waals surface area contributed by atoms with Gasteiger partial charge in [-0.2, -0.15) is 0 Å². The molecule has 2 amide bonds. The van der Waals surface area contributed by atoms with E-state index >= 15 is 0 Å². The van der Waals surface area contributed by atoms with Crippen molar-refractivity contribution in [3.8, 4) is 0 Å². The monoisotopic (exact) mass is 384 g/mol. The summed E-state index contributed by atoms with van der Waals surface area (Å²) in [7, 11) is 0. The first-order chi connectivity index (χ1) is 13.0. The molecular formula is C20H20N2O4S. The van der Waals surface area contributed by atoms with Crippen molar-refractivity contribution in [1.82, 2.24) is 10.2 Å². The Labute approximate surface area is 161 Å². The van der Waals surface area contributed by atoms with Gasteiger partial charge in [-0.3, -0.25) is 14.4 Å². The van der Waals surface area contributed by atoms with Gasteiger partial charge in [0.15, 0.2) is 0 Å². The maximum absolute atomic E-state index is 12.7. The van der Waals surface area contributed by atoms with Crippen molar-refractivity contribution in [2.24, 2.45) is 0 Å². The maximum atomic E-state index is 12.7. The molecule has 0 aliphatic carbocycles. The van der Waals surface area contributed by atoms with Crippen LogP contribution in [-0.2, 0) is 14.4 Å². The minimum Gasteiger partial charge on any atom is -0.481 e. The SMILES string of the molecule is CC(=O)N1C=Cc2ccccc2[C@H]1CC(=O)N[C@H](CC(=O)O)c1cccs1. The fraction of sp³-hybridized carbons (Fsp3) is 0.250. The molecular weight excluding hydrogens is 364 g/mol. The van der Waals surface area contributed by atoms with Gasteiger partial charge in [0.1, 0.15) is 0 Å². The summed E-state index contributed by atoms with van der Waals surface area (Å²) in [4.78, 5) is 38.2. The Kier molecular flexibility index (Phi) is 5.71. The summed E-state index contributed by atoms with van der Waals surface area (Å²) in [6.45, 7) is 1.46. The Morgan fingerprint density at radius 1 is 1.22 bits per heavy atom. The van der Waals surface area contributed by atoms with Crippen LogP contribution in [0.15, 0.2) is 48.0 Å². The van der Waals surface area contributed by atoms with Gasteiger partial charge in [0.2, 0.25) is 11.8 Å². The highest BCUT2D eigenvalue weighted by Crippen LogP contribution is 2.33. The lowest BCUT2D eigenvalue weighted by atomic mass is 9.93. The van der Waals surface area contributed by atoms with Crippen molar-refractivity contribution in [3.63, 3.8) is 0 Å². The number of carbonyl (C=O) groups is 3. The second kappa shape index (κ2) is 8.18. The Bertz CT molecular complexity index is 876. The normalized spacial score (nSPS) is 16.5. The van der Waals surface area contributed by atoms with Crippen molar-refractivity contribution < 1.29 is 19.5 Å². The zero-order valence-electron chi connectivity index (χ0n) is 14.8. The van der Waals surface area contributed by atoms with E-state index in [1.54, 1.807) is 17.2 Å². The van der Waals surface area contributed by atoms with E-state index in [0.29, 0.717) is 0 Å². The topological polar surface area (TPSA) is 86.7 Å². The summed E-state index contributed by atoms with van der Waals surface area (Å²) in [6, 6.07) is 10.2. The number of hydrogen-bond donors (Lipinski definition) is 2. The lowest BCUT2D eigenvalue weighted by Gasteiger charge is -2.32. The van der Waals surface area contributed by atoms with Gasteiger partial charge in [-0.1, -0.05) is 30.3 Å². The molecule has 2 aromatic rings. The van der Waals surface area contributed by atoms with Gasteiger partial charge in [-0.15, -0.1) is 11.3 Å². The smallest absolute Gasteiger partial charge is 0.305 e. The van der Waals surface area contributed by atoms with Crippen LogP contribution in [0, 0.1) is 0 Å². The molecule has 0 bridgehead atoms. The molecule has 0 saturated heterocycles. The number of amides is 2. The van der Waals surface area contributed by atoms with Gasteiger partial charge in [-0.25, -0.2) is 0 Å². The van der Waals surface area contributed by atoms with E-state index in [1.807, 2.05) is 41.8 Å². The van der Waals surface area contributed by atoms with Crippen LogP contribution in [0.3, 0.4) is 0 Å². The zero-order valence-corrected chi connectivity index (χ0v) is 15.6. The Balaban J connectivity index is 1.79. The highest BCUT2D eigenvalue weighted by atomic mass is 32.1. The molecule has 2 N–H and O–H groups in total. The molecule has 2 atom stereocenters. The van der Waals surface area contributed by atoms with E-state index in [-0.39, 0.29) is 24.7 Å². The Morgan fingerprint density at radius 3 is 2.67 bits per heavy atom. The van der Waals surface area contributed by atoms with Crippen LogP contribution in [0.2, 0.25) is 0 Å². The third-order valence-electron chi connectivity index (χ3n) is 4.45. The van der Waals surface area contributed by atoms with Gasteiger partial charge in [0.05, 0.1) is 24.9 Å². The molecule has 1 aromatic heterocycles. The average molecular weight is 384 g/mol. The summed E-state index contributed by atoms with van der Waals surface area (Å²) in [5.74, 6) is -1.43. The second-order valence-electron chi connectivity index (χ2n) is 6.32. The number of nitrogens with one attached hydrogen (secondary N) is 1. The lowest BCUT2D eigenvalue weighted by Crippen LogP contribution is -2.36. The molecule has 0 fully saturated rings. The summed E-state index contributed by atoms with van der Waals surface area (Å²) < 4.78 is 0. The first kappa shape index (κ1) is 18.8. The summed E-state index contributed by atoms with van der Waals surface area (Å²) >= 11 is 1.40. The number of carboxylic acid groups (broad SMARTS) is 1. The molecule has 1 aliphatic rings. The molecule has 1 aliphatic heterocycles. The van der Waals surface area contributed by atoms with Crippen LogP contribution in [0.4, 0.5) is 0 Å². The van der Waals surface area contributed by atoms with Crippen molar-refractivity contribution in [1.29, 1.82) is 0 Å². The number of nitrogens with zero attached hydrogens (tertiary/aromatic N) is 1. The summed E-state index contributed by atoms with van der Waals surface area (Å²) in [5.41, 5.74) is 1.87. The summed E-state index contributed by atoms with van der Waals surface area (Å²) in [6.07, 6.45) is 3.41. The van der Waals surface area contributed by atoms with Crippen molar-refractivity contribution in [2.75, 3.05) is 0 Å². The van der Waals surface area contributed by atoms with Gasteiger partial charge in [0, 0.05) is 18.0 Å². The molecule has 140 valence electrons. The van der Waals surface area contributed by atoms with E-state index in [9.17, 15) is 14.4 Å². The van der Waals surface area contributed by atoms with E-state index in [4.69, 9.17) is 5.11 Å². The molecule has 0 saturated carbocycles. The maximum Gasteiger partial charge on any atom is 0.305 e. The van der Waals surface area contributed by atoms with E-state index in [1.165, 1.54) is 18.3 Å². The number of benzene rings is 1. The number of rotatable bonds is 6. The molecule has 0 spiro atoms. The Morgan fingerprint density at radius 2 is 2.00 bits per heavy atom. The van der Waals surface area contributed by atoms with Crippen LogP contribution >= 0.6 is 11.3 Å². The van der Waals surface area contributed by atoms with Crippen LogP contribution in [0.5, 0.6) is 0 Å². The van der Waals surface area contributed by atoms with Gasteiger partial charge >= 0.3 is 5.97 Å². The quantitative estimate of drug-likeness (QED) is 0.800. The average Bonchev–Trinajstić information content (AvgIpc) is 3.15. The van der Waals surface area contributed by atoms with Crippen LogP contribution in [0.25, 0.3) is 6.08 Å². The predicted molar refractivity (Wildman–Crippen MR) is 103 cm³/mol. The van der Waals surface area contributed by atoms with Crippen molar-refractivity contribution >= 4 is 35.2 Å². The van der Waals surface area contributed by atoms with Crippen molar-refractivity contribution in [2.45, 2.75) is 31.8 Å². The van der Waals surface area contributed by atoms with Crippen LogP contribution < -0.4 is 5.32 Å². The molecule has 0 radical (unpaired) electrons. The zero-order chi connectivity index (χ0) is 19.4. The molecule has 6 nitrogen and oxygen atoms in total. The second-order valence-corrected chi connectivity index (χ2v) is 7.30. The number of thiophene rings is 1. The highest BCUT2D eigenvalue weighted by Gasteiger charge is 2.29. The third-order valence-corrected chi connectivity index (χ3v) is 5.43. The van der Waals surface area contributed by atoms with Crippen molar-refractivity contribution in [3.05, 3.63) is 64.0 Å². The minimum absolute atomic E-state index is 0.0580.